The highest BCUT2D eigenvalue weighted by Gasteiger charge is 2.48. The minimum Gasteiger partial charge on any atom is -0.355 e. The molecule has 0 radical (unpaired) electrons. The third-order valence-corrected chi connectivity index (χ3v) is 5.71. The third kappa shape index (κ3) is 3.61. The standard InChI is InChI=1S/C18H17F5N8/c19-13(20)7-31-16-11(3-27-31)24-6-15(28-16)29-2-1-17(8-29)9-30(10-17)14-5-25-12(4-26-14)18(21,22)23/h3-6,13H,1-2,7-10H2. The molecule has 5 heterocycles. The van der Waals surface area contributed by atoms with Crippen LogP contribution in [0, 0.1) is 5.41 Å². The molecule has 0 atom stereocenters. The van der Waals surface area contributed by atoms with Crippen molar-refractivity contribution in [3.8, 4) is 0 Å². The van der Waals surface area contributed by atoms with Gasteiger partial charge in [0.05, 0.1) is 24.8 Å². The van der Waals surface area contributed by atoms with Crippen LogP contribution in [-0.4, -0.2) is 62.3 Å². The number of rotatable bonds is 4. The summed E-state index contributed by atoms with van der Waals surface area (Å²) in [6.07, 6.45) is -1.28. The summed E-state index contributed by atoms with van der Waals surface area (Å²) < 4.78 is 64.6. The Morgan fingerprint density at radius 2 is 1.68 bits per heavy atom. The zero-order valence-corrected chi connectivity index (χ0v) is 16.1. The smallest absolute Gasteiger partial charge is 0.355 e. The number of nitrogens with zero attached hydrogens (tertiary/aromatic N) is 8. The van der Waals surface area contributed by atoms with E-state index in [1.54, 1.807) is 6.20 Å². The van der Waals surface area contributed by atoms with Crippen molar-refractivity contribution in [3.63, 3.8) is 0 Å². The molecule has 0 aliphatic carbocycles. The van der Waals surface area contributed by atoms with E-state index in [4.69, 9.17) is 0 Å². The fraction of sp³-hybridized carbons (Fsp3) is 0.500. The molecule has 2 saturated heterocycles. The van der Waals surface area contributed by atoms with Gasteiger partial charge in [0.2, 0.25) is 0 Å². The van der Waals surface area contributed by atoms with Crippen molar-refractivity contribution in [2.24, 2.45) is 5.41 Å². The molecule has 2 aliphatic rings. The first kappa shape index (κ1) is 19.8. The number of aromatic nitrogens is 6. The van der Waals surface area contributed by atoms with Crippen LogP contribution in [0.25, 0.3) is 11.2 Å². The third-order valence-electron chi connectivity index (χ3n) is 5.71. The first-order valence-corrected chi connectivity index (χ1v) is 9.58. The van der Waals surface area contributed by atoms with Crippen LogP contribution >= 0.6 is 0 Å². The van der Waals surface area contributed by atoms with Crippen LogP contribution < -0.4 is 9.80 Å². The normalized spacial score (nSPS) is 18.4. The van der Waals surface area contributed by atoms with Crippen molar-refractivity contribution in [1.82, 2.24) is 29.7 Å². The summed E-state index contributed by atoms with van der Waals surface area (Å²) in [7, 11) is 0. The van der Waals surface area contributed by atoms with E-state index in [0.717, 1.165) is 30.0 Å². The van der Waals surface area contributed by atoms with Gasteiger partial charge in [0.15, 0.2) is 11.3 Å². The molecule has 5 rings (SSSR count). The summed E-state index contributed by atoms with van der Waals surface area (Å²) in [5, 5.41) is 3.93. The van der Waals surface area contributed by atoms with Gasteiger partial charge in [-0.25, -0.2) is 33.4 Å². The number of halogens is 5. The Labute approximate surface area is 172 Å². The minimum absolute atomic E-state index is 0.0375. The number of hydrogen-bond acceptors (Lipinski definition) is 7. The second kappa shape index (κ2) is 6.95. The molecule has 31 heavy (non-hydrogen) atoms. The minimum atomic E-state index is -4.51. The topological polar surface area (TPSA) is 75.9 Å². The molecule has 8 nitrogen and oxygen atoms in total. The lowest BCUT2D eigenvalue weighted by Crippen LogP contribution is -2.58. The second-order valence-electron chi connectivity index (χ2n) is 7.94. The molecule has 0 saturated carbocycles. The van der Waals surface area contributed by atoms with Crippen molar-refractivity contribution in [2.45, 2.75) is 25.6 Å². The highest BCUT2D eigenvalue weighted by molar-refractivity contribution is 5.71. The van der Waals surface area contributed by atoms with Gasteiger partial charge >= 0.3 is 6.18 Å². The maximum absolute atomic E-state index is 12.8. The van der Waals surface area contributed by atoms with Crippen molar-refractivity contribution in [3.05, 3.63) is 30.5 Å². The van der Waals surface area contributed by atoms with Crippen LogP contribution in [0.15, 0.2) is 24.8 Å². The second-order valence-corrected chi connectivity index (χ2v) is 7.94. The van der Waals surface area contributed by atoms with Crippen molar-refractivity contribution in [1.29, 1.82) is 0 Å². The molecule has 0 bridgehead atoms. The van der Waals surface area contributed by atoms with E-state index in [1.165, 1.54) is 6.20 Å². The SMILES string of the molecule is FC(F)Cn1ncc2ncc(N3CCC4(CN(c5cnc(C(F)(F)F)cn5)C4)C3)nc21. The molecular weight excluding hydrogens is 423 g/mol. The molecule has 2 aliphatic heterocycles. The molecule has 1 spiro atoms. The summed E-state index contributed by atoms with van der Waals surface area (Å²) in [4.78, 5) is 20.1. The van der Waals surface area contributed by atoms with Gasteiger partial charge in [-0.2, -0.15) is 18.3 Å². The lowest BCUT2D eigenvalue weighted by Gasteiger charge is -2.48. The summed E-state index contributed by atoms with van der Waals surface area (Å²) in [5.74, 6) is 1.00. The average Bonchev–Trinajstić information content (AvgIpc) is 3.31. The predicted molar refractivity (Wildman–Crippen MR) is 99.8 cm³/mol. The van der Waals surface area contributed by atoms with Crippen LogP contribution in [0.1, 0.15) is 12.1 Å². The monoisotopic (exact) mass is 440 g/mol. The fourth-order valence-corrected chi connectivity index (χ4v) is 4.20. The molecular formula is C18H17F5N8. The highest BCUT2D eigenvalue weighted by atomic mass is 19.4. The zero-order chi connectivity index (χ0) is 21.8. The Morgan fingerprint density at radius 3 is 2.35 bits per heavy atom. The van der Waals surface area contributed by atoms with Gasteiger partial charge in [0.1, 0.15) is 23.7 Å². The number of alkyl halides is 5. The van der Waals surface area contributed by atoms with Gasteiger partial charge in [-0.3, -0.25) is 0 Å². The number of hydrogen-bond donors (Lipinski definition) is 0. The van der Waals surface area contributed by atoms with E-state index in [9.17, 15) is 22.0 Å². The molecule has 0 unspecified atom stereocenters. The Kier molecular flexibility index (Phi) is 4.45. The first-order valence-electron chi connectivity index (χ1n) is 9.58. The molecule has 13 heteroatoms. The van der Waals surface area contributed by atoms with Gasteiger partial charge in [-0.15, -0.1) is 0 Å². The van der Waals surface area contributed by atoms with E-state index in [1.807, 2.05) is 9.80 Å². The van der Waals surface area contributed by atoms with Gasteiger partial charge < -0.3 is 9.80 Å². The Hall–Kier alpha value is -3.12. The van der Waals surface area contributed by atoms with Crippen molar-refractivity contribution in [2.75, 3.05) is 36.0 Å². The van der Waals surface area contributed by atoms with Crippen LogP contribution in [-0.2, 0) is 12.7 Å². The highest BCUT2D eigenvalue weighted by Crippen LogP contribution is 2.42. The van der Waals surface area contributed by atoms with Gasteiger partial charge in [0, 0.05) is 31.6 Å². The summed E-state index contributed by atoms with van der Waals surface area (Å²) >= 11 is 0. The quantitative estimate of drug-likeness (QED) is 0.578. The van der Waals surface area contributed by atoms with E-state index in [0.29, 0.717) is 42.4 Å². The average molecular weight is 440 g/mol. The summed E-state index contributed by atoms with van der Waals surface area (Å²) in [6, 6.07) is 0. The van der Waals surface area contributed by atoms with Crippen molar-refractivity contribution >= 4 is 22.8 Å². The maximum atomic E-state index is 12.8. The molecule has 0 aromatic carbocycles. The van der Waals surface area contributed by atoms with E-state index < -0.39 is 24.8 Å². The molecule has 3 aromatic heterocycles. The first-order chi connectivity index (χ1) is 14.7. The van der Waals surface area contributed by atoms with Crippen LogP contribution in [0.2, 0.25) is 0 Å². The fourth-order valence-electron chi connectivity index (χ4n) is 4.20. The largest absolute Gasteiger partial charge is 0.434 e. The summed E-state index contributed by atoms with van der Waals surface area (Å²) in [6.45, 7) is 2.14. The Balaban J connectivity index is 1.27. The maximum Gasteiger partial charge on any atom is 0.434 e. The van der Waals surface area contributed by atoms with Crippen molar-refractivity contribution < 1.29 is 22.0 Å². The summed E-state index contributed by atoms with van der Waals surface area (Å²) in [5.41, 5.74) is -0.286. The zero-order valence-electron chi connectivity index (χ0n) is 16.1. The van der Waals surface area contributed by atoms with E-state index in [-0.39, 0.29) is 5.41 Å². The molecule has 2 fully saturated rings. The Morgan fingerprint density at radius 1 is 0.935 bits per heavy atom. The number of anilines is 2. The molecule has 0 N–H and O–H groups in total. The molecule has 3 aromatic rings. The van der Waals surface area contributed by atoms with Gasteiger partial charge in [-0.05, 0) is 6.42 Å². The molecule has 164 valence electrons. The lowest BCUT2D eigenvalue weighted by atomic mass is 9.79. The van der Waals surface area contributed by atoms with Gasteiger partial charge in [0.25, 0.3) is 6.43 Å². The van der Waals surface area contributed by atoms with Crippen LogP contribution in [0.4, 0.5) is 33.6 Å². The van der Waals surface area contributed by atoms with Gasteiger partial charge in [-0.1, -0.05) is 0 Å². The van der Waals surface area contributed by atoms with Crippen LogP contribution in [0.5, 0.6) is 0 Å². The predicted octanol–water partition coefficient (Wildman–Crippen LogP) is 2.62. The van der Waals surface area contributed by atoms with E-state index >= 15 is 0 Å². The molecule has 0 amide bonds. The van der Waals surface area contributed by atoms with Crippen LogP contribution in [0.3, 0.4) is 0 Å². The lowest BCUT2D eigenvalue weighted by molar-refractivity contribution is -0.141. The van der Waals surface area contributed by atoms with E-state index in [2.05, 4.69) is 25.0 Å². The Bertz CT molecular complexity index is 1090. The number of fused-ring (bicyclic) bond motifs is 1.